The first-order chi connectivity index (χ1) is 8.25. The molecule has 1 saturated heterocycles. The lowest BCUT2D eigenvalue weighted by Gasteiger charge is -2.25. The van der Waals surface area contributed by atoms with Crippen LogP contribution in [0.3, 0.4) is 0 Å². The number of halogens is 1. The van der Waals surface area contributed by atoms with Crippen LogP contribution in [0.4, 0.5) is 0 Å². The Morgan fingerprint density at radius 1 is 1.35 bits per heavy atom. The van der Waals surface area contributed by atoms with E-state index in [9.17, 15) is 0 Å². The summed E-state index contributed by atoms with van der Waals surface area (Å²) < 4.78 is 0. The quantitative estimate of drug-likeness (QED) is 0.860. The summed E-state index contributed by atoms with van der Waals surface area (Å²) in [7, 11) is 0. The minimum absolute atomic E-state index is 0.385. The summed E-state index contributed by atoms with van der Waals surface area (Å²) in [5.41, 5.74) is 1.30. The Hall–Kier alpha value is -0.570. The first kappa shape index (κ1) is 12.9. The zero-order valence-corrected chi connectivity index (χ0v) is 11.1. The third kappa shape index (κ3) is 3.98. The molecule has 1 aliphatic rings. The minimum Gasteiger partial charge on any atom is -0.313 e. The molecule has 0 radical (unpaired) electrons. The summed E-state index contributed by atoms with van der Waals surface area (Å²) in [5.74, 6) is 0. The SMILES string of the molecule is CC(NCC1CCCCN1)c1ccc(Cl)cc1. The van der Waals surface area contributed by atoms with E-state index in [-0.39, 0.29) is 0 Å². The minimum atomic E-state index is 0.385. The van der Waals surface area contributed by atoms with Gasteiger partial charge in [0.25, 0.3) is 0 Å². The van der Waals surface area contributed by atoms with Crippen molar-refractivity contribution in [2.45, 2.75) is 38.3 Å². The van der Waals surface area contributed by atoms with Crippen LogP contribution < -0.4 is 10.6 Å². The number of piperidine rings is 1. The predicted molar refractivity (Wildman–Crippen MR) is 73.5 cm³/mol. The second-order valence-electron chi connectivity index (χ2n) is 4.83. The predicted octanol–water partition coefficient (Wildman–Crippen LogP) is 3.13. The molecule has 0 spiro atoms. The maximum Gasteiger partial charge on any atom is 0.0406 e. The maximum atomic E-state index is 5.88. The van der Waals surface area contributed by atoms with E-state index in [1.807, 2.05) is 12.1 Å². The number of nitrogens with one attached hydrogen (secondary N) is 2. The third-order valence-electron chi connectivity index (χ3n) is 3.45. The summed E-state index contributed by atoms with van der Waals surface area (Å²) >= 11 is 5.88. The summed E-state index contributed by atoms with van der Waals surface area (Å²) in [6.45, 7) is 4.41. The molecular weight excluding hydrogens is 232 g/mol. The molecule has 94 valence electrons. The third-order valence-corrected chi connectivity index (χ3v) is 3.70. The molecule has 2 nitrogen and oxygen atoms in total. The van der Waals surface area contributed by atoms with E-state index in [1.54, 1.807) is 0 Å². The zero-order chi connectivity index (χ0) is 12.1. The lowest BCUT2D eigenvalue weighted by molar-refractivity contribution is 0.371. The van der Waals surface area contributed by atoms with Gasteiger partial charge in [0.2, 0.25) is 0 Å². The van der Waals surface area contributed by atoms with Crippen molar-refractivity contribution in [2.75, 3.05) is 13.1 Å². The van der Waals surface area contributed by atoms with Crippen LogP contribution in [0.2, 0.25) is 5.02 Å². The Kier molecular flexibility index (Phi) is 4.84. The lowest BCUT2D eigenvalue weighted by atomic mass is 10.0. The van der Waals surface area contributed by atoms with E-state index in [0.717, 1.165) is 11.6 Å². The molecule has 0 aromatic heterocycles. The Labute approximate surface area is 109 Å². The topological polar surface area (TPSA) is 24.1 Å². The van der Waals surface area contributed by atoms with E-state index in [4.69, 9.17) is 11.6 Å². The molecule has 1 fully saturated rings. The van der Waals surface area contributed by atoms with E-state index >= 15 is 0 Å². The van der Waals surface area contributed by atoms with Crippen molar-refractivity contribution in [1.82, 2.24) is 10.6 Å². The second-order valence-corrected chi connectivity index (χ2v) is 5.26. The van der Waals surface area contributed by atoms with Gasteiger partial charge in [-0.1, -0.05) is 30.2 Å². The van der Waals surface area contributed by atoms with Gasteiger partial charge in [-0.15, -0.1) is 0 Å². The first-order valence-electron chi connectivity index (χ1n) is 6.48. The first-order valence-corrected chi connectivity index (χ1v) is 6.86. The number of hydrogen-bond donors (Lipinski definition) is 2. The second kappa shape index (κ2) is 6.39. The van der Waals surface area contributed by atoms with Gasteiger partial charge in [-0.3, -0.25) is 0 Å². The Balaban J connectivity index is 1.80. The number of hydrogen-bond acceptors (Lipinski definition) is 2. The molecule has 1 aromatic carbocycles. The summed E-state index contributed by atoms with van der Waals surface area (Å²) in [5, 5.41) is 7.93. The molecule has 1 aromatic rings. The Morgan fingerprint density at radius 2 is 2.12 bits per heavy atom. The van der Waals surface area contributed by atoms with Gasteiger partial charge >= 0.3 is 0 Å². The molecule has 1 heterocycles. The molecule has 0 bridgehead atoms. The monoisotopic (exact) mass is 252 g/mol. The normalized spacial score (nSPS) is 22.4. The molecule has 2 N–H and O–H groups in total. The largest absolute Gasteiger partial charge is 0.313 e. The molecule has 0 saturated carbocycles. The van der Waals surface area contributed by atoms with Crippen LogP contribution in [0.15, 0.2) is 24.3 Å². The van der Waals surface area contributed by atoms with E-state index in [0.29, 0.717) is 12.1 Å². The molecule has 17 heavy (non-hydrogen) atoms. The standard InChI is InChI=1S/C14H21ClN2/c1-11(12-5-7-13(15)8-6-12)17-10-14-4-2-3-9-16-14/h5-8,11,14,16-17H,2-4,9-10H2,1H3. The van der Waals surface area contributed by atoms with Crippen molar-refractivity contribution in [3.63, 3.8) is 0 Å². The van der Waals surface area contributed by atoms with E-state index in [1.165, 1.54) is 31.4 Å². The molecule has 0 aliphatic carbocycles. The van der Waals surface area contributed by atoms with Gasteiger partial charge in [0.05, 0.1) is 0 Å². The summed E-state index contributed by atoms with van der Waals surface area (Å²) in [4.78, 5) is 0. The Morgan fingerprint density at radius 3 is 2.76 bits per heavy atom. The highest BCUT2D eigenvalue weighted by molar-refractivity contribution is 6.30. The molecule has 3 heteroatoms. The van der Waals surface area contributed by atoms with Gasteiger partial charge in [0.1, 0.15) is 0 Å². The molecule has 2 rings (SSSR count). The fraction of sp³-hybridized carbons (Fsp3) is 0.571. The van der Waals surface area contributed by atoms with Crippen LogP contribution in [-0.4, -0.2) is 19.1 Å². The van der Waals surface area contributed by atoms with Gasteiger partial charge in [0.15, 0.2) is 0 Å². The summed E-state index contributed by atoms with van der Waals surface area (Å²) in [6, 6.07) is 9.11. The smallest absolute Gasteiger partial charge is 0.0406 e. The van der Waals surface area contributed by atoms with Crippen molar-refractivity contribution < 1.29 is 0 Å². The maximum absolute atomic E-state index is 5.88. The van der Waals surface area contributed by atoms with Gasteiger partial charge in [-0.05, 0) is 44.0 Å². The van der Waals surface area contributed by atoms with Crippen molar-refractivity contribution in [2.24, 2.45) is 0 Å². The molecule has 2 atom stereocenters. The number of rotatable bonds is 4. The van der Waals surface area contributed by atoms with Crippen LogP contribution in [0.1, 0.15) is 37.8 Å². The van der Waals surface area contributed by atoms with Crippen LogP contribution in [0.25, 0.3) is 0 Å². The number of benzene rings is 1. The van der Waals surface area contributed by atoms with Gasteiger partial charge in [-0.25, -0.2) is 0 Å². The highest BCUT2D eigenvalue weighted by Crippen LogP contribution is 2.16. The average Bonchev–Trinajstić information content (AvgIpc) is 2.38. The molecule has 1 aliphatic heterocycles. The van der Waals surface area contributed by atoms with E-state index in [2.05, 4.69) is 29.7 Å². The van der Waals surface area contributed by atoms with Crippen LogP contribution >= 0.6 is 11.6 Å². The molecular formula is C14H21ClN2. The average molecular weight is 253 g/mol. The van der Waals surface area contributed by atoms with Crippen molar-refractivity contribution in [3.05, 3.63) is 34.9 Å². The van der Waals surface area contributed by atoms with E-state index < -0.39 is 0 Å². The van der Waals surface area contributed by atoms with Gasteiger partial charge in [-0.2, -0.15) is 0 Å². The van der Waals surface area contributed by atoms with Gasteiger partial charge < -0.3 is 10.6 Å². The zero-order valence-electron chi connectivity index (χ0n) is 10.4. The highest BCUT2D eigenvalue weighted by atomic mass is 35.5. The van der Waals surface area contributed by atoms with Crippen LogP contribution in [0, 0.1) is 0 Å². The van der Waals surface area contributed by atoms with Crippen LogP contribution in [0.5, 0.6) is 0 Å². The van der Waals surface area contributed by atoms with Crippen LogP contribution in [-0.2, 0) is 0 Å². The van der Waals surface area contributed by atoms with Crippen molar-refractivity contribution in [3.8, 4) is 0 Å². The molecule has 2 unspecified atom stereocenters. The van der Waals surface area contributed by atoms with Gasteiger partial charge in [0, 0.05) is 23.7 Å². The molecule has 0 amide bonds. The summed E-state index contributed by atoms with van der Waals surface area (Å²) in [6.07, 6.45) is 3.97. The lowest BCUT2D eigenvalue weighted by Crippen LogP contribution is -2.42. The Bertz CT molecular complexity index is 331. The highest BCUT2D eigenvalue weighted by Gasteiger charge is 2.13. The fourth-order valence-corrected chi connectivity index (χ4v) is 2.41. The van der Waals surface area contributed by atoms with Crippen molar-refractivity contribution in [1.29, 1.82) is 0 Å². The fourth-order valence-electron chi connectivity index (χ4n) is 2.29. The van der Waals surface area contributed by atoms with Crippen molar-refractivity contribution >= 4 is 11.6 Å².